The fourth-order valence-corrected chi connectivity index (χ4v) is 2.50. The standard InChI is InChI=1S/C10H18S/c1-2-3-4-7-10-8-5-6-9-11-10/h5-6,10H,2-4,7-9H2,1H3. The first-order chi connectivity index (χ1) is 5.43. The Bertz CT molecular complexity index is 118. The second-order valence-electron chi connectivity index (χ2n) is 3.16. The maximum absolute atomic E-state index is 2.34. The summed E-state index contributed by atoms with van der Waals surface area (Å²) in [6.45, 7) is 2.27. The molecule has 1 atom stereocenters. The zero-order valence-electron chi connectivity index (χ0n) is 7.38. The summed E-state index contributed by atoms with van der Waals surface area (Å²) in [4.78, 5) is 0. The second kappa shape index (κ2) is 5.70. The van der Waals surface area contributed by atoms with E-state index in [1.54, 1.807) is 0 Å². The zero-order valence-corrected chi connectivity index (χ0v) is 8.20. The van der Waals surface area contributed by atoms with Crippen molar-refractivity contribution in [2.24, 2.45) is 0 Å². The fraction of sp³-hybridized carbons (Fsp3) is 0.800. The van der Waals surface area contributed by atoms with Crippen LogP contribution in [-0.2, 0) is 0 Å². The lowest BCUT2D eigenvalue weighted by Gasteiger charge is -2.16. The average molecular weight is 170 g/mol. The number of hydrogen-bond acceptors (Lipinski definition) is 1. The van der Waals surface area contributed by atoms with Gasteiger partial charge in [-0.25, -0.2) is 0 Å². The molecular weight excluding hydrogens is 152 g/mol. The van der Waals surface area contributed by atoms with Crippen molar-refractivity contribution in [2.45, 2.75) is 44.3 Å². The normalized spacial score (nSPS) is 23.9. The molecule has 11 heavy (non-hydrogen) atoms. The third-order valence-corrected chi connectivity index (χ3v) is 3.41. The lowest BCUT2D eigenvalue weighted by molar-refractivity contribution is 0.646. The first-order valence-corrected chi connectivity index (χ1v) is 5.75. The first kappa shape index (κ1) is 9.18. The molecule has 0 aromatic carbocycles. The molecule has 0 saturated carbocycles. The number of thioether (sulfide) groups is 1. The van der Waals surface area contributed by atoms with Crippen molar-refractivity contribution in [3.05, 3.63) is 12.2 Å². The molecule has 0 fully saturated rings. The van der Waals surface area contributed by atoms with Crippen LogP contribution in [0.5, 0.6) is 0 Å². The van der Waals surface area contributed by atoms with Crippen LogP contribution in [0, 0.1) is 0 Å². The van der Waals surface area contributed by atoms with Gasteiger partial charge in [0.15, 0.2) is 0 Å². The Morgan fingerprint density at radius 1 is 1.36 bits per heavy atom. The number of unbranched alkanes of at least 4 members (excludes halogenated alkanes) is 2. The van der Waals surface area contributed by atoms with Crippen LogP contribution < -0.4 is 0 Å². The smallest absolute Gasteiger partial charge is 0.0116 e. The van der Waals surface area contributed by atoms with E-state index in [0.29, 0.717) is 0 Å². The van der Waals surface area contributed by atoms with E-state index in [4.69, 9.17) is 0 Å². The van der Waals surface area contributed by atoms with Gasteiger partial charge in [-0.15, -0.1) is 0 Å². The van der Waals surface area contributed by atoms with Gasteiger partial charge in [0.1, 0.15) is 0 Å². The van der Waals surface area contributed by atoms with Gasteiger partial charge in [-0.1, -0.05) is 38.3 Å². The van der Waals surface area contributed by atoms with Gasteiger partial charge in [0.25, 0.3) is 0 Å². The molecule has 0 aromatic heterocycles. The Hall–Kier alpha value is 0.0900. The topological polar surface area (TPSA) is 0 Å². The molecule has 0 radical (unpaired) electrons. The molecule has 0 N–H and O–H groups in total. The summed E-state index contributed by atoms with van der Waals surface area (Å²) in [6.07, 6.45) is 11.6. The van der Waals surface area contributed by atoms with Gasteiger partial charge in [0, 0.05) is 11.0 Å². The maximum Gasteiger partial charge on any atom is 0.0116 e. The molecular formula is C10H18S. The van der Waals surface area contributed by atoms with Crippen molar-refractivity contribution in [3.63, 3.8) is 0 Å². The molecule has 1 rings (SSSR count). The summed E-state index contributed by atoms with van der Waals surface area (Å²) in [7, 11) is 0. The Morgan fingerprint density at radius 2 is 2.27 bits per heavy atom. The SMILES string of the molecule is CCCCCC1CC=CCS1. The molecule has 1 heteroatoms. The molecule has 1 aliphatic rings. The Kier molecular flexibility index (Phi) is 4.76. The van der Waals surface area contributed by atoms with Gasteiger partial charge in [-0.3, -0.25) is 0 Å². The van der Waals surface area contributed by atoms with Crippen molar-refractivity contribution < 1.29 is 0 Å². The first-order valence-electron chi connectivity index (χ1n) is 4.70. The van der Waals surface area contributed by atoms with Gasteiger partial charge < -0.3 is 0 Å². The van der Waals surface area contributed by atoms with E-state index in [-0.39, 0.29) is 0 Å². The predicted molar refractivity (Wildman–Crippen MR) is 54.1 cm³/mol. The van der Waals surface area contributed by atoms with E-state index in [1.807, 2.05) is 0 Å². The van der Waals surface area contributed by atoms with Crippen molar-refractivity contribution in [2.75, 3.05) is 5.75 Å². The molecule has 0 aromatic rings. The van der Waals surface area contributed by atoms with Crippen LogP contribution in [0.2, 0.25) is 0 Å². The molecule has 64 valence electrons. The Balaban J connectivity index is 2.02. The largest absolute Gasteiger partial charge is 0.154 e. The molecule has 0 amide bonds. The summed E-state index contributed by atoms with van der Waals surface area (Å²) in [5, 5.41) is 0.937. The minimum atomic E-state index is 0.937. The monoisotopic (exact) mass is 170 g/mol. The molecule has 0 aliphatic carbocycles. The van der Waals surface area contributed by atoms with Crippen LogP contribution in [0.4, 0.5) is 0 Å². The summed E-state index contributed by atoms with van der Waals surface area (Å²) in [5.41, 5.74) is 0. The van der Waals surface area contributed by atoms with E-state index in [0.717, 1.165) is 5.25 Å². The summed E-state index contributed by atoms with van der Waals surface area (Å²) in [6, 6.07) is 0. The predicted octanol–water partition coefficient (Wildman–Crippen LogP) is 3.63. The fourth-order valence-electron chi connectivity index (χ4n) is 1.40. The van der Waals surface area contributed by atoms with Crippen molar-refractivity contribution in [1.82, 2.24) is 0 Å². The highest BCUT2D eigenvalue weighted by Crippen LogP contribution is 2.24. The maximum atomic E-state index is 2.34. The quantitative estimate of drug-likeness (QED) is 0.458. The highest BCUT2D eigenvalue weighted by atomic mass is 32.2. The van der Waals surface area contributed by atoms with E-state index in [1.165, 1.54) is 37.9 Å². The lowest BCUT2D eigenvalue weighted by Crippen LogP contribution is -2.04. The van der Waals surface area contributed by atoms with E-state index in [2.05, 4.69) is 30.8 Å². The Morgan fingerprint density at radius 3 is 2.91 bits per heavy atom. The molecule has 0 spiro atoms. The van der Waals surface area contributed by atoms with Crippen molar-refractivity contribution in [3.8, 4) is 0 Å². The Labute approximate surface area is 74.5 Å². The van der Waals surface area contributed by atoms with Gasteiger partial charge in [0.2, 0.25) is 0 Å². The van der Waals surface area contributed by atoms with Crippen LogP contribution in [0.3, 0.4) is 0 Å². The van der Waals surface area contributed by atoms with Crippen LogP contribution >= 0.6 is 11.8 Å². The highest BCUT2D eigenvalue weighted by Gasteiger charge is 2.08. The molecule has 0 bridgehead atoms. The van der Waals surface area contributed by atoms with Crippen LogP contribution in [0.25, 0.3) is 0 Å². The summed E-state index contributed by atoms with van der Waals surface area (Å²) in [5.74, 6) is 1.25. The van der Waals surface area contributed by atoms with Crippen LogP contribution in [-0.4, -0.2) is 11.0 Å². The van der Waals surface area contributed by atoms with E-state index in [9.17, 15) is 0 Å². The van der Waals surface area contributed by atoms with Crippen molar-refractivity contribution >= 4 is 11.8 Å². The third kappa shape index (κ3) is 3.85. The minimum absolute atomic E-state index is 0.937. The third-order valence-electron chi connectivity index (χ3n) is 2.12. The van der Waals surface area contributed by atoms with Gasteiger partial charge >= 0.3 is 0 Å². The van der Waals surface area contributed by atoms with E-state index < -0.39 is 0 Å². The summed E-state index contributed by atoms with van der Waals surface area (Å²) < 4.78 is 0. The zero-order chi connectivity index (χ0) is 7.94. The molecule has 1 aliphatic heterocycles. The molecule has 1 heterocycles. The lowest BCUT2D eigenvalue weighted by atomic mass is 10.1. The second-order valence-corrected chi connectivity index (χ2v) is 4.49. The van der Waals surface area contributed by atoms with Crippen LogP contribution in [0.15, 0.2) is 12.2 Å². The van der Waals surface area contributed by atoms with E-state index >= 15 is 0 Å². The number of allylic oxidation sites excluding steroid dienone is 1. The van der Waals surface area contributed by atoms with Crippen molar-refractivity contribution in [1.29, 1.82) is 0 Å². The number of hydrogen-bond donors (Lipinski definition) is 0. The minimum Gasteiger partial charge on any atom is -0.154 e. The average Bonchev–Trinajstić information content (AvgIpc) is 2.07. The van der Waals surface area contributed by atoms with Crippen LogP contribution in [0.1, 0.15) is 39.0 Å². The summed E-state index contributed by atoms with van der Waals surface area (Å²) >= 11 is 2.13. The van der Waals surface area contributed by atoms with Gasteiger partial charge in [0.05, 0.1) is 0 Å². The number of rotatable bonds is 4. The molecule has 0 saturated heterocycles. The molecule has 1 unspecified atom stereocenters. The van der Waals surface area contributed by atoms with Gasteiger partial charge in [-0.2, -0.15) is 11.8 Å². The van der Waals surface area contributed by atoms with Gasteiger partial charge in [-0.05, 0) is 12.8 Å². The molecule has 0 nitrogen and oxygen atoms in total. The highest BCUT2D eigenvalue weighted by molar-refractivity contribution is 8.00.